The summed E-state index contributed by atoms with van der Waals surface area (Å²) >= 11 is 1.50. The Morgan fingerprint density at radius 1 is 0.973 bits per heavy atom. The summed E-state index contributed by atoms with van der Waals surface area (Å²) < 4.78 is 11.5. The molecule has 4 rings (SSSR count). The molecule has 0 atom stereocenters. The van der Waals surface area contributed by atoms with Gasteiger partial charge in [0, 0.05) is 33.7 Å². The fourth-order valence-corrected chi connectivity index (χ4v) is 4.18. The molecule has 0 aliphatic heterocycles. The van der Waals surface area contributed by atoms with E-state index in [0.29, 0.717) is 11.5 Å². The largest absolute Gasteiger partial charge is 0.493 e. The maximum absolute atomic E-state index is 11.1. The van der Waals surface area contributed by atoms with E-state index in [0.717, 1.165) is 26.6 Å². The fourth-order valence-electron chi connectivity index (χ4n) is 3.37. The number of non-ortho nitro benzene ring substituents is 1. The van der Waals surface area contributed by atoms with Crippen LogP contribution in [0.5, 0.6) is 11.5 Å². The summed E-state index contributed by atoms with van der Waals surface area (Å²) in [7, 11) is 1.56. The van der Waals surface area contributed by atoms with Crippen LogP contribution in [0, 0.1) is 10.1 Å². The van der Waals surface area contributed by atoms with E-state index in [2.05, 4.69) is 4.99 Å². The summed E-state index contributed by atoms with van der Waals surface area (Å²) in [6, 6.07) is 26.1. The van der Waals surface area contributed by atoms with Crippen LogP contribution in [0.25, 0.3) is 0 Å². The number of rotatable bonds is 10. The SMILES string of the molecule is COc1cccc(C=Nc2ccc(Sc3ccc([N+](=O)[O-])cc3)cc2)c1OCc1ccc(C(=O)O)cc1. The molecule has 0 fully saturated rings. The first-order chi connectivity index (χ1) is 17.9. The van der Waals surface area contributed by atoms with Crippen LogP contribution in [0.2, 0.25) is 0 Å². The van der Waals surface area contributed by atoms with Gasteiger partial charge in [-0.15, -0.1) is 0 Å². The third kappa shape index (κ3) is 6.74. The van der Waals surface area contributed by atoms with Crippen LogP contribution in [-0.4, -0.2) is 29.3 Å². The van der Waals surface area contributed by atoms with Gasteiger partial charge >= 0.3 is 5.97 Å². The smallest absolute Gasteiger partial charge is 0.335 e. The Hall–Kier alpha value is -4.63. The Balaban J connectivity index is 1.45. The number of nitrogens with zero attached hydrogens (tertiary/aromatic N) is 2. The number of carboxylic acids is 1. The molecule has 0 amide bonds. The van der Waals surface area contributed by atoms with Crippen LogP contribution in [-0.2, 0) is 6.61 Å². The van der Waals surface area contributed by atoms with Crippen molar-refractivity contribution in [3.63, 3.8) is 0 Å². The van der Waals surface area contributed by atoms with Crippen LogP contribution in [0.4, 0.5) is 11.4 Å². The molecule has 0 saturated heterocycles. The molecule has 0 bridgehead atoms. The van der Waals surface area contributed by atoms with Crippen molar-refractivity contribution >= 4 is 35.3 Å². The number of hydrogen-bond donors (Lipinski definition) is 1. The van der Waals surface area contributed by atoms with E-state index in [1.54, 1.807) is 43.7 Å². The van der Waals surface area contributed by atoms with Crippen LogP contribution in [0.1, 0.15) is 21.5 Å². The van der Waals surface area contributed by atoms with Gasteiger partial charge in [-0.25, -0.2) is 4.79 Å². The van der Waals surface area contributed by atoms with Crippen LogP contribution in [0.3, 0.4) is 0 Å². The number of nitro benzene ring substituents is 1. The third-order valence-corrected chi connectivity index (χ3v) is 6.30. The Morgan fingerprint density at radius 2 is 1.62 bits per heavy atom. The van der Waals surface area contributed by atoms with Crippen molar-refractivity contribution in [2.75, 3.05) is 7.11 Å². The van der Waals surface area contributed by atoms with Gasteiger partial charge in [0.05, 0.1) is 23.3 Å². The van der Waals surface area contributed by atoms with Gasteiger partial charge in [0.2, 0.25) is 0 Å². The standard InChI is InChI=1S/C28H22N2O6S/c1-35-26-4-2-3-21(27(26)36-18-19-5-7-20(8-6-19)28(31)32)17-29-22-9-13-24(14-10-22)37-25-15-11-23(12-16-25)30(33)34/h2-17H,18H2,1H3,(H,31,32). The zero-order chi connectivity index (χ0) is 26.2. The van der Waals surface area contributed by atoms with Gasteiger partial charge in [0.15, 0.2) is 11.5 Å². The second kappa shape index (κ2) is 11.9. The fraction of sp³-hybridized carbons (Fsp3) is 0.0714. The number of aromatic carboxylic acids is 1. The van der Waals surface area contributed by atoms with E-state index < -0.39 is 10.9 Å². The molecular weight excluding hydrogens is 492 g/mol. The maximum Gasteiger partial charge on any atom is 0.335 e. The van der Waals surface area contributed by atoms with Gasteiger partial charge in [-0.3, -0.25) is 15.1 Å². The third-order valence-electron chi connectivity index (χ3n) is 5.29. The zero-order valence-corrected chi connectivity index (χ0v) is 20.6. The molecule has 0 radical (unpaired) electrons. The topological polar surface area (TPSA) is 111 Å². The van der Waals surface area contributed by atoms with E-state index in [-0.39, 0.29) is 17.9 Å². The second-order valence-electron chi connectivity index (χ2n) is 7.77. The predicted molar refractivity (Wildman–Crippen MR) is 142 cm³/mol. The summed E-state index contributed by atoms with van der Waals surface area (Å²) in [5, 5.41) is 19.9. The number of carboxylic acid groups (broad SMARTS) is 1. The van der Waals surface area contributed by atoms with Crippen molar-refractivity contribution in [1.29, 1.82) is 0 Å². The van der Waals surface area contributed by atoms with E-state index in [4.69, 9.17) is 14.6 Å². The molecular formula is C28H22N2O6S. The minimum Gasteiger partial charge on any atom is -0.493 e. The van der Waals surface area contributed by atoms with Crippen molar-refractivity contribution in [3.05, 3.63) is 118 Å². The van der Waals surface area contributed by atoms with Crippen LogP contribution in [0.15, 0.2) is 106 Å². The summed E-state index contributed by atoms with van der Waals surface area (Å²) in [5.74, 6) is 0.107. The van der Waals surface area contributed by atoms with Crippen molar-refractivity contribution in [2.45, 2.75) is 16.4 Å². The lowest BCUT2D eigenvalue weighted by Gasteiger charge is -2.13. The first kappa shape index (κ1) is 25.5. The summed E-state index contributed by atoms with van der Waals surface area (Å²) in [6.07, 6.45) is 1.70. The lowest BCUT2D eigenvalue weighted by molar-refractivity contribution is -0.384. The molecule has 0 aromatic heterocycles. The van der Waals surface area contributed by atoms with E-state index in [1.165, 1.54) is 36.0 Å². The number of methoxy groups -OCH3 is 1. The van der Waals surface area contributed by atoms with Crippen molar-refractivity contribution in [3.8, 4) is 11.5 Å². The second-order valence-corrected chi connectivity index (χ2v) is 8.92. The van der Waals surface area contributed by atoms with E-state index >= 15 is 0 Å². The molecule has 186 valence electrons. The Bertz CT molecular complexity index is 1420. The molecule has 0 saturated carbocycles. The average molecular weight is 515 g/mol. The highest BCUT2D eigenvalue weighted by molar-refractivity contribution is 7.99. The van der Waals surface area contributed by atoms with Crippen LogP contribution < -0.4 is 9.47 Å². The van der Waals surface area contributed by atoms with Crippen molar-refractivity contribution < 1.29 is 24.3 Å². The lowest BCUT2D eigenvalue weighted by Crippen LogP contribution is -2.02. The highest BCUT2D eigenvalue weighted by Crippen LogP contribution is 2.32. The van der Waals surface area contributed by atoms with Gasteiger partial charge in [0.25, 0.3) is 5.69 Å². The van der Waals surface area contributed by atoms with Gasteiger partial charge in [-0.1, -0.05) is 30.0 Å². The number of para-hydroxylation sites is 1. The Labute approximate surface area is 217 Å². The average Bonchev–Trinajstić information content (AvgIpc) is 2.92. The molecule has 4 aromatic rings. The zero-order valence-electron chi connectivity index (χ0n) is 19.7. The number of aliphatic imine (C=N–C) groups is 1. The lowest BCUT2D eigenvalue weighted by atomic mass is 10.1. The summed E-state index contributed by atoms with van der Waals surface area (Å²) in [6.45, 7) is 0.232. The molecule has 1 N–H and O–H groups in total. The number of ether oxygens (including phenoxy) is 2. The monoisotopic (exact) mass is 514 g/mol. The maximum atomic E-state index is 11.1. The predicted octanol–water partition coefficient (Wildman–Crippen LogP) is 6.78. The molecule has 0 aliphatic carbocycles. The molecule has 9 heteroatoms. The van der Waals surface area contributed by atoms with Gasteiger partial charge in [-0.05, 0) is 66.2 Å². The number of nitro groups is 1. The molecule has 4 aromatic carbocycles. The highest BCUT2D eigenvalue weighted by Gasteiger charge is 2.11. The first-order valence-corrected chi connectivity index (χ1v) is 11.9. The van der Waals surface area contributed by atoms with Gasteiger partial charge in [-0.2, -0.15) is 0 Å². The molecule has 8 nitrogen and oxygen atoms in total. The Kier molecular flexibility index (Phi) is 8.17. The van der Waals surface area contributed by atoms with Gasteiger partial charge < -0.3 is 14.6 Å². The summed E-state index contributed by atoms with van der Waals surface area (Å²) in [4.78, 5) is 27.9. The molecule has 0 unspecified atom stereocenters. The van der Waals surface area contributed by atoms with E-state index in [9.17, 15) is 14.9 Å². The molecule has 0 spiro atoms. The number of hydrogen-bond acceptors (Lipinski definition) is 7. The first-order valence-electron chi connectivity index (χ1n) is 11.1. The molecule has 0 aliphatic rings. The van der Waals surface area contributed by atoms with Crippen LogP contribution >= 0.6 is 11.8 Å². The minimum absolute atomic E-state index is 0.0611. The van der Waals surface area contributed by atoms with Crippen molar-refractivity contribution in [1.82, 2.24) is 0 Å². The quantitative estimate of drug-likeness (QED) is 0.141. The summed E-state index contributed by atoms with van der Waals surface area (Å²) in [5.41, 5.74) is 2.56. The molecule has 37 heavy (non-hydrogen) atoms. The van der Waals surface area contributed by atoms with Gasteiger partial charge in [0.1, 0.15) is 6.61 Å². The highest BCUT2D eigenvalue weighted by atomic mass is 32.2. The van der Waals surface area contributed by atoms with E-state index in [1.807, 2.05) is 36.4 Å². The number of benzene rings is 4. The number of carbonyl (C=O) groups is 1. The normalized spacial score (nSPS) is 10.8. The minimum atomic E-state index is -0.978. The molecule has 0 heterocycles. The Morgan fingerprint density at radius 3 is 2.22 bits per heavy atom. The van der Waals surface area contributed by atoms with Crippen molar-refractivity contribution in [2.24, 2.45) is 4.99 Å².